The lowest BCUT2D eigenvalue weighted by Crippen LogP contribution is -2.10. The van der Waals surface area contributed by atoms with E-state index in [0.717, 1.165) is 31.0 Å². The van der Waals surface area contributed by atoms with Crippen molar-refractivity contribution in [2.45, 2.75) is 50.4 Å². The van der Waals surface area contributed by atoms with E-state index in [9.17, 15) is 27.8 Å². The average molecular weight is 790 g/mol. The van der Waals surface area contributed by atoms with Gasteiger partial charge in [-0.2, -0.15) is 17.6 Å². The number of imidazole rings is 2. The number of ether oxygens (including phenoxy) is 2. The number of aromatic nitrogens is 4. The summed E-state index contributed by atoms with van der Waals surface area (Å²) < 4.78 is 65.7. The van der Waals surface area contributed by atoms with Gasteiger partial charge in [0.05, 0.1) is 34.2 Å². The molecule has 4 heterocycles. The van der Waals surface area contributed by atoms with Crippen molar-refractivity contribution in [3.05, 3.63) is 117 Å². The Bertz CT molecular complexity index is 1970. The lowest BCUT2D eigenvalue weighted by atomic mass is 10.0. The molecule has 2 aliphatic rings. The second-order valence-corrected chi connectivity index (χ2v) is 13.1. The number of fused-ring (bicyclic) bond motifs is 6. The fraction of sp³-hybridized carbons (Fsp3) is 0.235. The quantitative estimate of drug-likeness (QED) is 0.164. The minimum Gasteiger partial charge on any atom is -0.434 e. The zero-order chi connectivity index (χ0) is 33.7. The van der Waals surface area contributed by atoms with Crippen LogP contribution in [-0.2, 0) is 0 Å². The molecular formula is C34H26Br2F4N4O4. The van der Waals surface area contributed by atoms with E-state index in [-0.39, 0.29) is 23.6 Å². The molecular weight excluding hydrogens is 764 g/mol. The van der Waals surface area contributed by atoms with Gasteiger partial charge in [0.2, 0.25) is 0 Å². The van der Waals surface area contributed by atoms with Crippen molar-refractivity contribution in [3.8, 4) is 11.5 Å². The maximum Gasteiger partial charge on any atom is 0.387 e. The summed E-state index contributed by atoms with van der Waals surface area (Å²) >= 11 is 6.87. The number of aliphatic hydroxyl groups is 2. The van der Waals surface area contributed by atoms with E-state index in [1.807, 2.05) is 45.5 Å². The Morgan fingerprint density at radius 2 is 1.02 bits per heavy atom. The zero-order valence-corrected chi connectivity index (χ0v) is 27.9. The number of halogens is 6. The molecule has 2 N–H and O–H groups in total. The zero-order valence-electron chi connectivity index (χ0n) is 24.7. The van der Waals surface area contributed by atoms with Gasteiger partial charge >= 0.3 is 13.2 Å². The molecule has 0 radical (unpaired) electrons. The molecule has 8 rings (SSSR count). The summed E-state index contributed by atoms with van der Waals surface area (Å²) in [5, 5.41) is 20.7. The molecule has 248 valence electrons. The third kappa shape index (κ3) is 6.06. The van der Waals surface area contributed by atoms with Gasteiger partial charge in [-0.25, -0.2) is 9.97 Å². The van der Waals surface area contributed by atoms with Gasteiger partial charge in [0.1, 0.15) is 35.4 Å². The SMILES string of the molecule is O[C@@H]1C[C@H](c2ccccc2OC(F)F)n2c1nc1ccc(Br)cc12.O[C@H]1C[C@H](c2ccccc2OC(F)F)n2c1nc1ccc(Br)cc12. The van der Waals surface area contributed by atoms with Gasteiger partial charge in [-0.3, -0.25) is 0 Å². The fourth-order valence-corrected chi connectivity index (χ4v) is 7.29. The highest BCUT2D eigenvalue weighted by molar-refractivity contribution is 9.10. The van der Waals surface area contributed by atoms with Gasteiger partial charge in [0, 0.05) is 32.9 Å². The Labute approximate surface area is 287 Å². The minimum atomic E-state index is -2.90. The van der Waals surface area contributed by atoms with Crippen LogP contribution in [0.1, 0.15) is 59.9 Å². The van der Waals surface area contributed by atoms with Crippen LogP contribution < -0.4 is 9.47 Å². The summed E-state index contributed by atoms with van der Waals surface area (Å²) in [5.41, 5.74) is 4.40. The second-order valence-electron chi connectivity index (χ2n) is 11.3. The van der Waals surface area contributed by atoms with Gasteiger partial charge < -0.3 is 28.8 Å². The average Bonchev–Trinajstić information content (AvgIpc) is 3.78. The molecule has 0 fully saturated rings. The van der Waals surface area contributed by atoms with Crippen molar-refractivity contribution in [2.75, 3.05) is 0 Å². The molecule has 2 aromatic heterocycles. The highest BCUT2D eigenvalue weighted by atomic mass is 79.9. The number of benzene rings is 4. The van der Waals surface area contributed by atoms with E-state index >= 15 is 0 Å². The van der Waals surface area contributed by atoms with E-state index in [4.69, 9.17) is 0 Å². The van der Waals surface area contributed by atoms with Gasteiger partial charge in [-0.05, 0) is 48.5 Å². The van der Waals surface area contributed by atoms with Gasteiger partial charge in [-0.1, -0.05) is 68.3 Å². The normalized spacial score (nSPS) is 19.9. The number of aliphatic hydroxyl groups excluding tert-OH is 2. The van der Waals surface area contributed by atoms with Crippen molar-refractivity contribution < 1.29 is 37.2 Å². The Hall–Kier alpha value is -3.98. The number of hydrogen-bond acceptors (Lipinski definition) is 6. The smallest absolute Gasteiger partial charge is 0.387 e. The van der Waals surface area contributed by atoms with Crippen LogP contribution in [0.3, 0.4) is 0 Å². The Kier molecular flexibility index (Phi) is 8.92. The van der Waals surface area contributed by atoms with Crippen LogP contribution >= 0.6 is 31.9 Å². The van der Waals surface area contributed by atoms with Crippen LogP contribution in [0.4, 0.5) is 17.6 Å². The van der Waals surface area contributed by atoms with E-state index in [1.165, 1.54) is 12.1 Å². The number of para-hydroxylation sites is 2. The monoisotopic (exact) mass is 788 g/mol. The number of alkyl halides is 4. The molecule has 14 heteroatoms. The Morgan fingerprint density at radius 1 is 0.625 bits per heavy atom. The summed E-state index contributed by atoms with van der Waals surface area (Å²) in [6.07, 6.45) is -0.760. The first-order chi connectivity index (χ1) is 23.1. The van der Waals surface area contributed by atoms with Crippen LogP contribution in [0.25, 0.3) is 22.1 Å². The third-order valence-electron chi connectivity index (χ3n) is 8.46. The van der Waals surface area contributed by atoms with Crippen LogP contribution in [-0.4, -0.2) is 42.5 Å². The summed E-state index contributed by atoms with van der Waals surface area (Å²) in [7, 11) is 0. The topological polar surface area (TPSA) is 94.6 Å². The molecule has 0 amide bonds. The van der Waals surface area contributed by atoms with Crippen molar-refractivity contribution in [3.63, 3.8) is 0 Å². The summed E-state index contributed by atoms with van der Waals surface area (Å²) in [6, 6.07) is 24.0. The van der Waals surface area contributed by atoms with E-state index in [1.54, 1.807) is 36.4 Å². The highest BCUT2D eigenvalue weighted by Crippen LogP contribution is 2.45. The van der Waals surface area contributed by atoms with Crippen LogP contribution in [0, 0.1) is 0 Å². The molecule has 4 aromatic carbocycles. The van der Waals surface area contributed by atoms with Crippen LogP contribution in [0.5, 0.6) is 11.5 Å². The minimum absolute atomic E-state index is 0.120. The molecule has 0 aliphatic carbocycles. The Morgan fingerprint density at radius 3 is 1.42 bits per heavy atom. The van der Waals surface area contributed by atoms with Gasteiger partial charge in [0.25, 0.3) is 0 Å². The predicted molar refractivity (Wildman–Crippen MR) is 176 cm³/mol. The molecule has 2 aliphatic heterocycles. The second kappa shape index (κ2) is 13.1. The first-order valence-corrected chi connectivity index (χ1v) is 16.5. The van der Waals surface area contributed by atoms with Gasteiger partial charge in [-0.15, -0.1) is 0 Å². The van der Waals surface area contributed by atoms with E-state index in [2.05, 4.69) is 51.3 Å². The highest BCUT2D eigenvalue weighted by Gasteiger charge is 2.37. The standard InChI is InChI=1S/2C17H13BrF2N2O2/c2*18-9-5-6-11-13(7-9)22-12(8-14(23)16(22)21-11)10-3-1-2-4-15(10)24-17(19)20/h2*1-7,12,14,17,23H,8H2/t12-,14+;12-,14-/m11/s1. The molecule has 0 unspecified atom stereocenters. The molecule has 0 bridgehead atoms. The third-order valence-corrected chi connectivity index (χ3v) is 9.44. The van der Waals surface area contributed by atoms with E-state index in [0.29, 0.717) is 35.6 Å². The number of nitrogens with zero attached hydrogens (tertiary/aromatic N) is 4. The largest absolute Gasteiger partial charge is 0.434 e. The maximum absolute atomic E-state index is 12.7. The van der Waals surface area contributed by atoms with E-state index < -0.39 is 25.4 Å². The molecule has 8 nitrogen and oxygen atoms in total. The lowest BCUT2D eigenvalue weighted by Gasteiger charge is -2.18. The lowest BCUT2D eigenvalue weighted by molar-refractivity contribution is -0.0514. The first kappa shape index (κ1) is 32.6. The van der Waals surface area contributed by atoms with Crippen molar-refractivity contribution in [1.29, 1.82) is 0 Å². The number of hydrogen-bond donors (Lipinski definition) is 2. The van der Waals surface area contributed by atoms with Crippen LogP contribution in [0.2, 0.25) is 0 Å². The van der Waals surface area contributed by atoms with Crippen molar-refractivity contribution in [1.82, 2.24) is 19.1 Å². The summed E-state index contributed by atoms with van der Waals surface area (Å²) in [5.74, 6) is 1.32. The summed E-state index contributed by atoms with van der Waals surface area (Å²) in [4.78, 5) is 8.97. The predicted octanol–water partition coefficient (Wildman–Crippen LogP) is 8.85. The van der Waals surface area contributed by atoms with Crippen molar-refractivity contribution in [2.24, 2.45) is 0 Å². The fourth-order valence-electron chi connectivity index (χ4n) is 6.59. The molecule has 48 heavy (non-hydrogen) atoms. The maximum atomic E-state index is 12.7. The first-order valence-electron chi connectivity index (χ1n) is 14.9. The van der Waals surface area contributed by atoms with Crippen LogP contribution in [0.15, 0.2) is 93.9 Å². The summed E-state index contributed by atoms with van der Waals surface area (Å²) in [6.45, 7) is -5.80. The molecule has 4 atom stereocenters. The Balaban J connectivity index is 0.000000152. The molecule has 0 saturated carbocycles. The van der Waals surface area contributed by atoms with Crippen molar-refractivity contribution >= 4 is 53.9 Å². The molecule has 0 spiro atoms. The molecule has 6 aromatic rings. The van der Waals surface area contributed by atoms with Gasteiger partial charge in [0.15, 0.2) is 0 Å². The number of rotatable bonds is 6. The molecule has 0 saturated heterocycles.